The number of carbonyl (C=O) groups is 1. The van der Waals surface area contributed by atoms with Gasteiger partial charge < -0.3 is 10.2 Å². The number of hydrogen-bond acceptors (Lipinski definition) is 5. The van der Waals surface area contributed by atoms with Crippen molar-refractivity contribution in [2.24, 2.45) is 12.5 Å². The van der Waals surface area contributed by atoms with Crippen LogP contribution < -0.4 is 5.32 Å². The molecule has 7 heteroatoms. The zero-order valence-electron chi connectivity index (χ0n) is 17.3. The standard InChI is InChI=1S/C16H13ClN4O.C7H13N/c1-21-16(18-14-8-6-13(17)7-9-14)19-15(20-21)12-4-2-11(10-22)3-5-12;1-8-5-7(6-8)3-2-4-7/h2-10H,1H3,(H,18,19,20);2-6H2,1H3. The van der Waals surface area contributed by atoms with Gasteiger partial charge in [0.05, 0.1) is 0 Å². The van der Waals surface area contributed by atoms with Crippen LogP contribution in [0.2, 0.25) is 5.02 Å². The highest BCUT2D eigenvalue weighted by Gasteiger charge is 2.45. The van der Waals surface area contributed by atoms with E-state index < -0.39 is 0 Å². The van der Waals surface area contributed by atoms with E-state index >= 15 is 0 Å². The van der Waals surface area contributed by atoms with Gasteiger partial charge in [0.15, 0.2) is 5.82 Å². The Morgan fingerprint density at radius 3 is 2.20 bits per heavy atom. The molecule has 2 heterocycles. The van der Waals surface area contributed by atoms with Gasteiger partial charge in [-0.3, -0.25) is 4.79 Å². The number of nitrogens with zero attached hydrogens (tertiary/aromatic N) is 4. The third-order valence-electron chi connectivity index (χ3n) is 5.79. The van der Waals surface area contributed by atoms with Crippen molar-refractivity contribution in [1.82, 2.24) is 19.7 Å². The van der Waals surface area contributed by atoms with Crippen LogP contribution in [0, 0.1) is 5.41 Å². The number of likely N-dealkylation sites (tertiary alicyclic amines) is 1. The van der Waals surface area contributed by atoms with Crippen molar-refractivity contribution < 1.29 is 4.79 Å². The lowest BCUT2D eigenvalue weighted by Gasteiger charge is -2.54. The molecule has 2 fully saturated rings. The second-order valence-electron chi connectivity index (χ2n) is 8.28. The fourth-order valence-electron chi connectivity index (χ4n) is 4.08. The maximum atomic E-state index is 10.7. The zero-order valence-corrected chi connectivity index (χ0v) is 18.1. The van der Waals surface area contributed by atoms with E-state index in [-0.39, 0.29) is 0 Å². The fraction of sp³-hybridized carbons (Fsp3) is 0.348. The van der Waals surface area contributed by atoms with Crippen LogP contribution in [-0.2, 0) is 7.05 Å². The molecular formula is C23H26ClN5O. The predicted molar refractivity (Wildman–Crippen MR) is 120 cm³/mol. The number of aldehydes is 1. The Kier molecular flexibility index (Phi) is 5.88. The van der Waals surface area contributed by atoms with Gasteiger partial charge in [0, 0.05) is 42.0 Å². The topological polar surface area (TPSA) is 63.1 Å². The minimum absolute atomic E-state index is 0.594. The van der Waals surface area contributed by atoms with E-state index in [1.165, 1.54) is 32.4 Å². The Morgan fingerprint density at radius 1 is 1.03 bits per heavy atom. The first-order valence-electron chi connectivity index (χ1n) is 10.1. The summed E-state index contributed by atoms with van der Waals surface area (Å²) in [5.41, 5.74) is 3.20. The van der Waals surface area contributed by atoms with Crippen LogP contribution in [0.25, 0.3) is 11.4 Å². The highest BCUT2D eigenvalue weighted by Crippen LogP contribution is 2.47. The van der Waals surface area contributed by atoms with Crippen LogP contribution in [0.5, 0.6) is 0 Å². The molecule has 1 N–H and O–H groups in total. The third kappa shape index (κ3) is 4.55. The minimum Gasteiger partial charge on any atom is -0.324 e. The van der Waals surface area contributed by atoms with Gasteiger partial charge >= 0.3 is 0 Å². The molecule has 1 saturated carbocycles. The number of aromatic nitrogens is 3. The Morgan fingerprint density at radius 2 is 1.70 bits per heavy atom. The molecule has 2 aromatic carbocycles. The van der Waals surface area contributed by atoms with Gasteiger partial charge in [0.1, 0.15) is 6.29 Å². The van der Waals surface area contributed by atoms with Crippen molar-refractivity contribution in [2.75, 3.05) is 25.5 Å². The molecular weight excluding hydrogens is 398 g/mol. The van der Waals surface area contributed by atoms with Crippen LogP contribution in [0.15, 0.2) is 48.5 Å². The molecule has 1 saturated heterocycles. The van der Waals surface area contributed by atoms with Gasteiger partial charge in [0.25, 0.3) is 0 Å². The quantitative estimate of drug-likeness (QED) is 0.611. The van der Waals surface area contributed by atoms with E-state index in [0.717, 1.165) is 23.0 Å². The van der Waals surface area contributed by atoms with Gasteiger partial charge in [-0.1, -0.05) is 42.3 Å². The van der Waals surface area contributed by atoms with E-state index in [2.05, 4.69) is 27.3 Å². The molecule has 1 aliphatic heterocycles. The van der Waals surface area contributed by atoms with Crippen LogP contribution >= 0.6 is 11.6 Å². The largest absolute Gasteiger partial charge is 0.324 e. The van der Waals surface area contributed by atoms with E-state index in [1.54, 1.807) is 28.9 Å². The lowest BCUT2D eigenvalue weighted by molar-refractivity contribution is -0.0436. The average molecular weight is 424 g/mol. The molecule has 0 atom stereocenters. The first-order valence-corrected chi connectivity index (χ1v) is 10.5. The van der Waals surface area contributed by atoms with Crippen molar-refractivity contribution in [3.05, 3.63) is 59.1 Å². The van der Waals surface area contributed by atoms with Gasteiger partial charge in [-0.2, -0.15) is 4.98 Å². The summed E-state index contributed by atoms with van der Waals surface area (Å²) in [5.74, 6) is 1.22. The molecule has 3 aromatic rings. The van der Waals surface area contributed by atoms with E-state index in [0.29, 0.717) is 22.4 Å². The molecule has 0 amide bonds. The summed E-state index contributed by atoms with van der Waals surface area (Å²) in [6.45, 7) is 2.76. The summed E-state index contributed by atoms with van der Waals surface area (Å²) >= 11 is 5.87. The van der Waals surface area contributed by atoms with E-state index in [9.17, 15) is 4.79 Å². The second kappa shape index (κ2) is 8.58. The first kappa shape index (κ1) is 20.6. The number of hydrogen-bond donors (Lipinski definition) is 1. The third-order valence-corrected chi connectivity index (χ3v) is 6.05. The van der Waals surface area contributed by atoms with E-state index in [1.807, 2.05) is 31.3 Å². The normalized spacial score (nSPS) is 16.8. The average Bonchev–Trinajstić information content (AvgIpc) is 3.07. The van der Waals surface area contributed by atoms with Crippen molar-refractivity contribution >= 4 is 29.5 Å². The summed E-state index contributed by atoms with van der Waals surface area (Å²) in [6.07, 6.45) is 5.33. The molecule has 2 aliphatic rings. The second-order valence-corrected chi connectivity index (χ2v) is 8.72. The number of anilines is 2. The Labute approximate surface area is 181 Å². The molecule has 0 unspecified atom stereocenters. The number of aryl methyl sites for hydroxylation is 1. The monoisotopic (exact) mass is 423 g/mol. The van der Waals surface area contributed by atoms with Gasteiger partial charge in [-0.25, -0.2) is 4.68 Å². The highest BCUT2D eigenvalue weighted by molar-refractivity contribution is 6.30. The predicted octanol–water partition coefficient (Wildman–Crippen LogP) is 4.79. The maximum absolute atomic E-state index is 10.7. The lowest BCUT2D eigenvalue weighted by atomic mass is 9.64. The van der Waals surface area contributed by atoms with Crippen molar-refractivity contribution in [3.8, 4) is 11.4 Å². The van der Waals surface area contributed by atoms with Crippen LogP contribution in [0.4, 0.5) is 11.6 Å². The molecule has 156 valence electrons. The smallest absolute Gasteiger partial charge is 0.225 e. The number of carbonyl (C=O) groups excluding carboxylic acids is 1. The molecule has 30 heavy (non-hydrogen) atoms. The van der Waals surface area contributed by atoms with Gasteiger partial charge in [-0.15, -0.1) is 5.10 Å². The Bertz CT molecular complexity index is 1000. The molecule has 0 radical (unpaired) electrons. The van der Waals surface area contributed by atoms with Crippen molar-refractivity contribution in [1.29, 1.82) is 0 Å². The molecule has 1 aromatic heterocycles. The zero-order chi connectivity index (χ0) is 21.1. The number of halogens is 1. The van der Waals surface area contributed by atoms with Crippen LogP contribution in [-0.4, -0.2) is 46.1 Å². The summed E-state index contributed by atoms with van der Waals surface area (Å²) in [6, 6.07) is 14.5. The summed E-state index contributed by atoms with van der Waals surface area (Å²) in [5, 5.41) is 8.25. The number of rotatable bonds is 4. The first-order chi connectivity index (χ1) is 14.5. The van der Waals surface area contributed by atoms with Gasteiger partial charge in [0.2, 0.25) is 5.95 Å². The summed E-state index contributed by atoms with van der Waals surface area (Å²) < 4.78 is 1.66. The SMILES string of the molecule is CN1CC2(CCC2)C1.Cn1nc(-c2ccc(C=O)cc2)nc1Nc1ccc(Cl)cc1. The summed E-state index contributed by atoms with van der Waals surface area (Å²) in [7, 11) is 4.03. The minimum atomic E-state index is 0.594. The van der Waals surface area contributed by atoms with Crippen LogP contribution in [0.3, 0.4) is 0 Å². The molecule has 1 aliphatic carbocycles. The Balaban J connectivity index is 0.000000225. The van der Waals surface area contributed by atoms with Gasteiger partial charge in [-0.05, 0) is 49.6 Å². The molecule has 0 bridgehead atoms. The Hall–Kier alpha value is -2.70. The highest BCUT2D eigenvalue weighted by atomic mass is 35.5. The van der Waals surface area contributed by atoms with Crippen molar-refractivity contribution in [2.45, 2.75) is 19.3 Å². The molecule has 5 rings (SSSR count). The molecule has 6 nitrogen and oxygen atoms in total. The lowest BCUT2D eigenvalue weighted by Crippen LogP contribution is -2.57. The number of nitrogens with one attached hydrogen (secondary N) is 1. The van der Waals surface area contributed by atoms with E-state index in [4.69, 9.17) is 11.6 Å². The number of benzene rings is 2. The van der Waals surface area contributed by atoms with Crippen LogP contribution in [0.1, 0.15) is 29.6 Å². The molecule has 1 spiro atoms. The maximum Gasteiger partial charge on any atom is 0.225 e. The summed E-state index contributed by atoms with van der Waals surface area (Å²) in [4.78, 5) is 17.6. The van der Waals surface area contributed by atoms with Crippen molar-refractivity contribution in [3.63, 3.8) is 0 Å². The fourth-order valence-corrected chi connectivity index (χ4v) is 4.21.